The van der Waals surface area contributed by atoms with Gasteiger partial charge in [-0.15, -0.1) is 5.10 Å². The zero-order valence-corrected chi connectivity index (χ0v) is 6.75. The lowest BCUT2D eigenvalue weighted by atomic mass is 10.3. The van der Waals surface area contributed by atoms with Crippen LogP contribution in [0.5, 0.6) is 5.75 Å². The molecule has 1 aromatic carbocycles. The molecule has 0 aliphatic rings. The van der Waals surface area contributed by atoms with E-state index >= 15 is 0 Å². The minimum Gasteiger partial charge on any atom is -0.508 e. The number of benzene rings is 1. The maximum Gasteiger partial charge on any atom is 0.239 e. The van der Waals surface area contributed by atoms with E-state index in [-0.39, 0.29) is 11.7 Å². The van der Waals surface area contributed by atoms with E-state index in [0.29, 0.717) is 0 Å². The van der Waals surface area contributed by atoms with Gasteiger partial charge in [0.1, 0.15) is 12.1 Å². The standard InChI is InChI=1S/C8H8N4O/c9-8-10-5-12(11-8)6-1-3-7(13)4-2-6/h1-5,13H,(H2,9,11). The molecule has 1 aromatic heterocycles. The van der Waals surface area contributed by atoms with Crippen LogP contribution < -0.4 is 5.73 Å². The number of anilines is 1. The van der Waals surface area contributed by atoms with Crippen LogP contribution in [-0.4, -0.2) is 19.9 Å². The molecule has 2 rings (SSSR count). The fourth-order valence-corrected chi connectivity index (χ4v) is 1.01. The second kappa shape index (κ2) is 2.78. The normalized spacial score (nSPS) is 10.2. The van der Waals surface area contributed by atoms with Crippen molar-refractivity contribution in [2.75, 3.05) is 5.73 Å². The lowest BCUT2D eigenvalue weighted by molar-refractivity contribution is 0.475. The molecule has 0 saturated carbocycles. The van der Waals surface area contributed by atoms with Crippen molar-refractivity contribution in [1.82, 2.24) is 14.8 Å². The van der Waals surface area contributed by atoms with Gasteiger partial charge in [-0.1, -0.05) is 0 Å². The zero-order chi connectivity index (χ0) is 9.26. The summed E-state index contributed by atoms with van der Waals surface area (Å²) in [6.45, 7) is 0. The number of nitrogen functional groups attached to an aromatic ring is 1. The molecule has 13 heavy (non-hydrogen) atoms. The molecule has 0 amide bonds. The largest absolute Gasteiger partial charge is 0.508 e. The van der Waals surface area contributed by atoms with E-state index in [1.807, 2.05) is 0 Å². The van der Waals surface area contributed by atoms with Crippen molar-refractivity contribution in [1.29, 1.82) is 0 Å². The monoisotopic (exact) mass is 176 g/mol. The molecule has 5 heteroatoms. The molecule has 1 heterocycles. The van der Waals surface area contributed by atoms with Crippen LogP contribution in [0.15, 0.2) is 30.6 Å². The summed E-state index contributed by atoms with van der Waals surface area (Å²) in [4.78, 5) is 3.78. The van der Waals surface area contributed by atoms with Crippen LogP contribution in [0, 0.1) is 0 Å². The summed E-state index contributed by atoms with van der Waals surface area (Å²) in [5.41, 5.74) is 6.16. The highest BCUT2D eigenvalue weighted by atomic mass is 16.3. The van der Waals surface area contributed by atoms with Crippen molar-refractivity contribution in [3.63, 3.8) is 0 Å². The van der Waals surface area contributed by atoms with Crippen LogP contribution in [0.1, 0.15) is 0 Å². The molecule has 0 radical (unpaired) electrons. The van der Waals surface area contributed by atoms with E-state index < -0.39 is 0 Å². The van der Waals surface area contributed by atoms with E-state index in [4.69, 9.17) is 10.8 Å². The van der Waals surface area contributed by atoms with E-state index in [2.05, 4.69) is 10.1 Å². The van der Waals surface area contributed by atoms with Gasteiger partial charge in [0.25, 0.3) is 0 Å². The van der Waals surface area contributed by atoms with Crippen molar-refractivity contribution in [3.8, 4) is 11.4 Å². The number of nitrogens with zero attached hydrogens (tertiary/aromatic N) is 3. The molecule has 0 aliphatic heterocycles. The molecular weight excluding hydrogens is 168 g/mol. The maximum atomic E-state index is 9.04. The van der Waals surface area contributed by atoms with Crippen molar-refractivity contribution in [2.45, 2.75) is 0 Å². The Bertz CT molecular complexity index is 406. The van der Waals surface area contributed by atoms with E-state index in [1.54, 1.807) is 24.3 Å². The topological polar surface area (TPSA) is 77.0 Å². The summed E-state index contributed by atoms with van der Waals surface area (Å²) in [6.07, 6.45) is 1.52. The minimum atomic E-state index is 0.219. The first-order valence-electron chi connectivity index (χ1n) is 3.72. The predicted molar refractivity (Wildman–Crippen MR) is 47.4 cm³/mol. The highest BCUT2D eigenvalue weighted by Gasteiger charge is 1.98. The van der Waals surface area contributed by atoms with E-state index in [0.717, 1.165) is 5.69 Å². The number of phenols is 1. The van der Waals surface area contributed by atoms with E-state index in [1.165, 1.54) is 11.0 Å². The fraction of sp³-hybridized carbons (Fsp3) is 0. The van der Waals surface area contributed by atoms with Gasteiger partial charge in [-0.3, -0.25) is 0 Å². The number of aromatic nitrogens is 3. The molecule has 0 unspecified atom stereocenters. The molecular formula is C8H8N4O. The van der Waals surface area contributed by atoms with Crippen molar-refractivity contribution in [2.24, 2.45) is 0 Å². The Kier molecular flexibility index (Phi) is 1.63. The van der Waals surface area contributed by atoms with Crippen LogP contribution >= 0.6 is 0 Å². The van der Waals surface area contributed by atoms with Gasteiger partial charge in [-0.2, -0.15) is 0 Å². The van der Waals surface area contributed by atoms with Gasteiger partial charge in [0, 0.05) is 0 Å². The molecule has 0 saturated heterocycles. The van der Waals surface area contributed by atoms with Crippen LogP contribution in [0.3, 0.4) is 0 Å². The number of phenolic OH excluding ortho intramolecular Hbond substituents is 1. The Hall–Kier alpha value is -2.04. The second-order valence-electron chi connectivity index (χ2n) is 2.56. The predicted octanol–water partition coefficient (Wildman–Crippen LogP) is 0.555. The second-order valence-corrected chi connectivity index (χ2v) is 2.56. The van der Waals surface area contributed by atoms with Gasteiger partial charge in [0.2, 0.25) is 5.95 Å². The molecule has 5 nitrogen and oxygen atoms in total. The minimum absolute atomic E-state index is 0.219. The van der Waals surface area contributed by atoms with Gasteiger partial charge < -0.3 is 10.8 Å². The fourth-order valence-electron chi connectivity index (χ4n) is 1.01. The summed E-state index contributed by atoms with van der Waals surface area (Å²) < 4.78 is 1.54. The zero-order valence-electron chi connectivity index (χ0n) is 6.75. The lowest BCUT2D eigenvalue weighted by Crippen LogP contribution is -1.95. The Labute approximate surface area is 74.4 Å². The highest BCUT2D eigenvalue weighted by molar-refractivity contribution is 5.36. The van der Waals surface area contributed by atoms with Gasteiger partial charge in [-0.25, -0.2) is 9.67 Å². The average molecular weight is 176 g/mol. The smallest absolute Gasteiger partial charge is 0.239 e. The first-order chi connectivity index (χ1) is 6.25. The summed E-state index contributed by atoms with van der Waals surface area (Å²) >= 11 is 0. The number of aromatic hydroxyl groups is 1. The van der Waals surface area contributed by atoms with Gasteiger partial charge >= 0.3 is 0 Å². The van der Waals surface area contributed by atoms with Crippen molar-refractivity contribution >= 4 is 5.95 Å². The number of rotatable bonds is 1. The summed E-state index contributed by atoms with van der Waals surface area (Å²) in [5, 5.41) is 13.0. The first-order valence-corrected chi connectivity index (χ1v) is 3.72. The average Bonchev–Trinajstić information content (AvgIpc) is 2.53. The highest BCUT2D eigenvalue weighted by Crippen LogP contribution is 2.12. The van der Waals surface area contributed by atoms with Crippen LogP contribution in [0.4, 0.5) is 5.95 Å². The Balaban J connectivity index is 2.41. The number of hydrogen-bond donors (Lipinski definition) is 2. The van der Waals surface area contributed by atoms with Crippen LogP contribution in [0.2, 0.25) is 0 Å². The molecule has 0 aliphatic carbocycles. The maximum absolute atomic E-state index is 9.04. The molecule has 3 N–H and O–H groups in total. The van der Waals surface area contributed by atoms with Gasteiger partial charge in [0.05, 0.1) is 5.69 Å². The SMILES string of the molecule is Nc1ncn(-c2ccc(O)cc2)n1. The quantitative estimate of drug-likeness (QED) is 0.665. The third kappa shape index (κ3) is 1.44. The van der Waals surface area contributed by atoms with Gasteiger partial charge in [-0.05, 0) is 24.3 Å². The third-order valence-electron chi connectivity index (χ3n) is 1.62. The molecule has 0 bridgehead atoms. The third-order valence-corrected chi connectivity index (χ3v) is 1.62. The molecule has 0 atom stereocenters. The van der Waals surface area contributed by atoms with E-state index in [9.17, 15) is 0 Å². The van der Waals surface area contributed by atoms with Gasteiger partial charge in [0.15, 0.2) is 0 Å². The molecule has 66 valence electrons. The Morgan fingerprint density at radius 2 is 1.92 bits per heavy atom. The van der Waals surface area contributed by atoms with Crippen LogP contribution in [0.25, 0.3) is 5.69 Å². The lowest BCUT2D eigenvalue weighted by Gasteiger charge is -1.98. The Morgan fingerprint density at radius 1 is 1.23 bits per heavy atom. The summed E-state index contributed by atoms with van der Waals surface area (Å²) in [7, 11) is 0. The number of hydrogen-bond acceptors (Lipinski definition) is 4. The van der Waals surface area contributed by atoms with Crippen molar-refractivity contribution in [3.05, 3.63) is 30.6 Å². The molecule has 2 aromatic rings. The summed E-state index contributed by atoms with van der Waals surface area (Å²) in [5.74, 6) is 0.449. The van der Waals surface area contributed by atoms with Crippen LogP contribution in [-0.2, 0) is 0 Å². The first kappa shape index (κ1) is 7.60. The Morgan fingerprint density at radius 3 is 2.46 bits per heavy atom. The molecule has 0 spiro atoms. The summed E-state index contributed by atoms with van der Waals surface area (Å²) in [6, 6.07) is 6.60. The molecule has 0 fully saturated rings. The van der Waals surface area contributed by atoms with Crippen molar-refractivity contribution < 1.29 is 5.11 Å². The number of nitrogens with two attached hydrogens (primary N) is 1.